The van der Waals surface area contributed by atoms with Crippen molar-refractivity contribution in [3.63, 3.8) is 0 Å². The molecule has 134 valence electrons. The number of rotatable bonds is 5. The van der Waals surface area contributed by atoms with Crippen LogP contribution < -0.4 is 5.32 Å². The van der Waals surface area contributed by atoms with Gasteiger partial charge in [-0.3, -0.25) is 4.79 Å². The quantitative estimate of drug-likeness (QED) is 0.511. The largest absolute Gasteiger partial charge is 0.478 e. The van der Waals surface area contributed by atoms with E-state index >= 15 is 0 Å². The van der Waals surface area contributed by atoms with Crippen molar-refractivity contribution in [2.45, 2.75) is 13.3 Å². The van der Waals surface area contributed by atoms with Gasteiger partial charge in [-0.1, -0.05) is 18.2 Å². The van der Waals surface area contributed by atoms with E-state index in [1.165, 1.54) is 0 Å². The number of aromatic nitrogens is 1. The van der Waals surface area contributed by atoms with Gasteiger partial charge in [0.15, 0.2) is 0 Å². The number of hydrogen-bond donors (Lipinski definition) is 2. The average molecular weight is 376 g/mol. The van der Waals surface area contributed by atoms with E-state index in [0.29, 0.717) is 17.8 Å². The minimum absolute atomic E-state index is 0.109. The van der Waals surface area contributed by atoms with Crippen LogP contribution in [0.1, 0.15) is 22.8 Å². The summed E-state index contributed by atoms with van der Waals surface area (Å²) in [6.07, 6.45) is 0.385. The molecule has 2 aromatic heterocycles. The molecule has 0 spiro atoms. The van der Waals surface area contributed by atoms with Crippen molar-refractivity contribution in [3.05, 3.63) is 65.0 Å². The van der Waals surface area contributed by atoms with Crippen molar-refractivity contribution in [2.75, 3.05) is 5.32 Å². The lowest BCUT2D eigenvalue weighted by Gasteiger charge is -2.11. The number of fused-ring (bicyclic) bond motifs is 3. The monoisotopic (exact) mass is 376 g/mol. The first kappa shape index (κ1) is 17.2. The summed E-state index contributed by atoms with van der Waals surface area (Å²) in [4.78, 5) is 27.3. The molecular weight excluding hydrogens is 360 g/mol. The van der Waals surface area contributed by atoms with Gasteiger partial charge in [-0.25, -0.2) is 9.78 Å². The highest BCUT2D eigenvalue weighted by Crippen LogP contribution is 2.35. The number of carboxylic acids is 1. The highest BCUT2D eigenvalue weighted by atomic mass is 32.1. The van der Waals surface area contributed by atoms with Gasteiger partial charge >= 0.3 is 5.97 Å². The molecule has 0 aliphatic rings. The second-order valence-electron chi connectivity index (χ2n) is 6.37. The number of pyridine rings is 1. The molecule has 27 heavy (non-hydrogen) atoms. The Balaban J connectivity index is 1.81. The molecule has 0 fully saturated rings. The third-order valence-corrected chi connectivity index (χ3v) is 5.23. The molecule has 2 heterocycles. The third kappa shape index (κ3) is 3.39. The summed E-state index contributed by atoms with van der Waals surface area (Å²) in [5.41, 5.74) is 2.61. The summed E-state index contributed by atoms with van der Waals surface area (Å²) in [5.74, 6) is -0.199. The van der Waals surface area contributed by atoms with Gasteiger partial charge in [0, 0.05) is 27.6 Å². The van der Waals surface area contributed by atoms with Gasteiger partial charge in [0.05, 0.1) is 11.1 Å². The molecule has 0 bridgehead atoms. The molecular formula is C21H16N2O3S. The van der Waals surface area contributed by atoms with E-state index in [9.17, 15) is 14.7 Å². The SMILES string of the molecule is CC(=O)Cc1cccc(Nc2nc3cc(C(=O)O)ccc3c3sccc23)c1. The molecule has 0 unspecified atom stereocenters. The first-order chi connectivity index (χ1) is 13.0. The number of anilines is 2. The number of thiophene rings is 1. The zero-order valence-corrected chi connectivity index (χ0v) is 15.3. The van der Waals surface area contributed by atoms with Crippen LogP contribution in [0.5, 0.6) is 0 Å². The van der Waals surface area contributed by atoms with Crippen LogP contribution in [0.15, 0.2) is 53.9 Å². The lowest BCUT2D eigenvalue weighted by atomic mass is 10.1. The first-order valence-corrected chi connectivity index (χ1v) is 9.29. The number of nitrogens with zero attached hydrogens (tertiary/aromatic N) is 1. The standard InChI is InChI=1S/C21H16N2O3S/c1-12(24)9-13-3-2-4-15(10-13)22-20-17-7-8-27-19(17)16-6-5-14(21(25)26)11-18(16)23-20/h2-8,10-11H,9H2,1H3,(H,22,23)(H,25,26). The van der Waals surface area contributed by atoms with Gasteiger partial charge in [-0.2, -0.15) is 0 Å². The summed E-state index contributed by atoms with van der Waals surface area (Å²) < 4.78 is 1.05. The highest BCUT2D eigenvalue weighted by Gasteiger charge is 2.12. The van der Waals surface area contributed by atoms with Crippen molar-refractivity contribution < 1.29 is 14.7 Å². The second kappa shape index (κ2) is 6.81. The maximum atomic E-state index is 11.4. The van der Waals surface area contributed by atoms with Crippen LogP contribution in [0, 0.1) is 0 Å². The van der Waals surface area contributed by atoms with Crippen LogP contribution in [0.3, 0.4) is 0 Å². The Bertz CT molecular complexity index is 1200. The van der Waals surface area contributed by atoms with Crippen LogP contribution in [0.25, 0.3) is 21.0 Å². The molecule has 2 aromatic carbocycles. The number of nitrogens with one attached hydrogen (secondary N) is 1. The molecule has 0 aliphatic carbocycles. The molecule has 4 rings (SSSR count). The van der Waals surface area contributed by atoms with Crippen LogP contribution >= 0.6 is 11.3 Å². The number of carboxylic acid groups (broad SMARTS) is 1. The normalized spacial score (nSPS) is 11.0. The molecule has 0 radical (unpaired) electrons. The fourth-order valence-electron chi connectivity index (χ4n) is 3.11. The fourth-order valence-corrected chi connectivity index (χ4v) is 4.04. The summed E-state index contributed by atoms with van der Waals surface area (Å²) in [6, 6.07) is 14.7. The van der Waals surface area contributed by atoms with Gasteiger partial charge in [-0.15, -0.1) is 11.3 Å². The number of benzene rings is 2. The molecule has 4 aromatic rings. The molecule has 0 aliphatic heterocycles. The highest BCUT2D eigenvalue weighted by molar-refractivity contribution is 7.18. The Morgan fingerprint density at radius 2 is 1.96 bits per heavy atom. The van der Waals surface area contributed by atoms with E-state index in [1.807, 2.05) is 41.8 Å². The molecule has 0 amide bonds. The van der Waals surface area contributed by atoms with E-state index in [4.69, 9.17) is 0 Å². The van der Waals surface area contributed by atoms with Crippen LogP contribution in [0.2, 0.25) is 0 Å². The Labute approximate surface area is 159 Å². The Morgan fingerprint density at radius 1 is 1.11 bits per heavy atom. The Morgan fingerprint density at radius 3 is 2.74 bits per heavy atom. The predicted molar refractivity (Wildman–Crippen MR) is 108 cm³/mol. The predicted octanol–water partition coefficient (Wildman–Crippen LogP) is 5.02. The smallest absolute Gasteiger partial charge is 0.335 e. The summed E-state index contributed by atoms with van der Waals surface area (Å²) in [7, 11) is 0. The van der Waals surface area contributed by atoms with Crippen molar-refractivity contribution in [1.29, 1.82) is 0 Å². The summed E-state index contributed by atoms with van der Waals surface area (Å²) >= 11 is 1.60. The van der Waals surface area contributed by atoms with Gasteiger partial charge < -0.3 is 10.4 Å². The van der Waals surface area contributed by atoms with E-state index in [-0.39, 0.29) is 11.3 Å². The molecule has 0 saturated heterocycles. The first-order valence-electron chi connectivity index (χ1n) is 8.41. The zero-order valence-electron chi connectivity index (χ0n) is 14.5. The fraction of sp³-hybridized carbons (Fsp3) is 0.0952. The maximum Gasteiger partial charge on any atom is 0.335 e. The summed E-state index contributed by atoms with van der Waals surface area (Å²) in [6.45, 7) is 1.57. The number of hydrogen-bond acceptors (Lipinski definition) is 5. The van der Waals surface area contributed by atoms with E-state index in [1.54, 1.807) is 30.4 Å². The van der Waals surface area contributed by atoms with Crippen LogP contribution in [-0.4, -0.2) is 21.8 Å². The minimum atomic E-state index is -0.976. The van der Waals surface area contributed by atoms with Crippen molar-refractivity contribution in [3.8, 4) is 0 Å². The molecule has 0 saturated carbocycles. The molecule has 6 heteroatoms. The number of ketones is 1. The third-order valence-electron chi connectivity index (χ3n) is 4.28. The second-order valence-corrected chi connectivity index (χ2v) is 7.28. The van der Waals surface area contributed by atoms with Gasteiger partial charge in [-0.05, 0) is 48.2 Å². The number of Topliss-reactive ketones (excluding diaryl/α,β-unsaturated/α-hetero) is 1. The minimum Gasteiger partial charge on any atom is -0.478 e. The lowest BCUT2D eigenvalue weighted by molar-refractivity contribution is -0.116. The van der Waals surface area contributed by atoms with Crippen LogP contribution in [-0.2, 0) is 11.2 Å². The Kier molecular flexibility index (Phi) is 4.33. The van der Waals surface area contributed by atoms with E-state index < -0.39 is 5.97 Å². The van der Waals surface area contributed by atoms with Gasteiger partial charge in [0.1, 0.15) is 11.6 Å². The van der Waals surface area contributed by atoms with Gasteiger partial charge in [0.2, 0.25) is 0 Å². The molecule has 0 atom stereocenters. The van der Waals surface area contributed by atoms with Crippen molar-refractivity contribution in [1.82, 2.24) is 4.98 Å². The zero-order chi connectivity index (χ0) is 19.0. The van der Waals surface area contributed by atoms with Crippen molar-refractivity contribution in [2.24, 2.45) is 0 Å². The lowest BCUT2D eigenvalue weighted by Crippen LogP contribution is -2.00. The number of carbonyl (C=O) groups excluding carboxylic acids is 1. The van der Waals surface area contributed by atoms with E-state index in [0.717, 1.165) is 26.7 Å². The van der Waals surface area contributed by atoms with Crippen molar-refractivity contribution >= 4 is 55.6 Å². The summed E-state index contributed by atoms with van der Waals surface area (Å²) in [5, 5.41) is 16.5. The molecule has 5 nitrogen and oxygen atoms in total. The van der Waals surface area contributed by atoms with Crippen LogP contribution in [0.4, 0.5) is 11.5 Å². The number of aromatic carboxylic acids is 1. The Hall–Kier alpha value is -3.25. The number of carbonyl (C=O) groups is 2. The average Bonchev–Trinajstić information content (AvgIpc) is 3.11. The van der Waals surface area contributed by atoms with E-state index in [2.05, 4.69) is 10.3 Å². The maximum absolute atomic E-state index is 11.4. The van der Waals surface area contributed by atoms with Gasteiger partial charge in [0.25, 0.3) is 0 Å². The molecule has 2 N–H and O–H groups in total. The topological polar surface area (TPSA) is 79.3 Å².